The van der Waals surface area contributed by atoms with Gasteiger partial charge in [-0.3, -0.25) is 4.90 Å². The number of ether oxygens (including phenoxy) is 2. The fourth-order valence-electron chi connectivity index (χ4n) is 2.96. The van der Waals surface area contributed by atoms with Gasteiger partial charge in [0.2, 0.25) is 0 Å². The summed E-state index contributed by atoms with van der Waals surface area (Å²) >= 11 is 0. The average Bonchev–Trinajstić information content (AvgIpc) is 2.39. The summed E-state index contributed by atoms with van der Waals surface area (Å²) in [4.78, 5) is 2.55. The Kier molecular flexibility index (Phi) is 4.19. The van der Waals surface area contributed by atoms with Crippen LogP contribution in [0.15, 0.2) is 0 Å². The zero-order valence-corrected chi connectivity index (χ0v) is 10.3. The number of morpholine rings is 1. The molecule has 2 heterocycles. The van der Waals surface area contributed by atoms with Crippen molar-refractivity contribution >= 4 is 0 Å². The van der Waals surface area contributed by atoms with E-state index in [2.05, 4.69) is 11.8 Å². The van der Waals surface area contributed by atoms with Crippen LogP contribution in [0.3, 0.4) is 0 Å². The maximum absolute atomic E-state index is 6.02. The van der Waals surface area contributed by atoms with Crippen LogP contribution in [-0.4, -0.2) is 56.0 Å². The quantitative estimate of drug-likeness (QED) is 0.768. The van der Waals surface area contributed by atoms with Crippen LogP contribution in [-0.2, 0) is 9.47 Å². The van der Waals surface area contributed by atoms with Crippen molar-refractivity contribution in [3.8, 4) is 0 Å². The largest absolute Gasteiger partial charge is 0.379 e. The molecule has 4 heteroatoms. The number of nitrogens with two attached hydrogens (primary N) is 1. The molecule has 0 aromatic heterocycles. The van der Waals surface area contributed by atoms with Gasteiger partial charge in [-0.25, -0.2) is 0 Å². The second-order valence-corrected chi connectivity index (χ2v) is 4.91. The lowest BCUT2D eigenvalue weighted by atomic mass is 9.88. The Morgan fingerprint density at radius 1 is 1.38 bits per heavy atom. The van der Waals surface area contributed by atoms with Gasteiger partial charge >= 0.3 is 0 Å². The molecule has 2 fully saturated rings. The van der Waals surface area contributed by atoms with Crippen molar-refractivity contribution in [1.29, 1.82) is 0 Å². The van der Waals surface area contributed by atoms with E-state index < -0.39 is 0 Å². The van der Waals surface area contributed by atoms with Gasteiger partial charge in [-0.1, -0.05) is 6.92 Å². The van der Waals surface area contributed by atoms with Crippen molar-refractivity contribution in [3.63, 3.8) is 0 Å². The molecule has 0 spiro atoms. The predicted octanol–water partition coefficient (Wildman–Crippen LogP) is 0.605. The second-order valence-electron chi connectivity index (χ2n) is 4.91. The van der Waals surface area contributed by atoms with Crippen LogP contribution < -0.4 is 5.73 Å². The van der Waals surface area contributed by atoms with Gasteiger partial charge < -0.3 is 15.2 Å². The van der Waals surface area contributed by atoms with Crippen molar-refractivity contribution < 1.29 is 9.47 Å². The van der Waals surface area contributed by atoms with Crippen molar-refractivity contribution in [2.75, 3.05) is 39.5 Å². The van der Waals surface area contributed by atoms with Crippen molar-refractivity contribution in [2.24, 2.45) is 5.73 Å². The summed E-state index contributed by atoms with van der Waals surface area (Å²) < 4.78 is 11.2. The Morgan fingerprint density at radius 2 is 2.25 bits per heavy atom. The standard InChI is InChI=1S/C12H24N2O2/c1-2-11-8-15-7-5-14(11)12(9-13)4-3-6-16-10-12/h11H,2-10,13H2,1H3. The molecule has 2 aliphatic rings. The molecular formula is C12H24N2O2. The second kappa shape index (κ2) is 5.45. The SMILES string of the molecule is CCC1COCCN1C1(CN)CCCOC1. The minimum absolute atomic E-state index is 0.0721. The minimum Gasteiger partial charge on any atom is -0.379 e. The average molecular weight is 228 g/mol. The van der Waals surface area contributed by atoms with E-state index >= 15 is 0 Å². The first kappa shape index (κ1) is 12.3. The van der Waals surface area contributed by atoms with E-state index in [1.165, 1.54) is 6.42 Å². The maximum Gasteiger partial charge on any atom is 0.0662 e. The molecule has 2 saturated heterocycles. The summed E-state index contributed by atoms with van der Waals surface area (Å²) in [5.41, 5.74) is 6.10. The number of rotatable bonds is 3. The third-order valence-electron chi connectivity index (χ3n) is 3.99. The highest BCUT2D eigenvalue weighted by Crippen LogP contribution is 2.29. The van der Waals surface area contributed by atoms with Gasteiger partial charge in [0.1, 0.15) is 0 Å². The van der Waals surface area contributed by atoms with Crippen molar-refractivity contribution in [2.45, 2.75) is 37.8 Å². The van der Waals surface area contributed by atoms with E-state index in [1.54, 1.807) is 0 Å². The number of hydrogen-bond acceptors (Lipinski definition) is 4. The van der Waals surface area contributed by atoms with Gasteiger partial charge in [0.25, 0.3) is 0 Å². The Bertz CT molecular complexity index is 217. The minimum atomic E-state index is 0.0721. The highest BCUT2D eigenvalue weighted by molar-refractivity contribution is 4.97. The highest BCUT2D eigenvalue weighted by atomic mass is 16.5. The Balaban J connectivity index is 2.10. The smallest absolute Gasteiger partial charge is 0.0662 e. The van der Waals surface area contributed by atoms with E-state index in [1.807, 2.05) is 0 Å². The third-order valence-corrected chi connectivity index (χ3v) is 3.99. The van der Waals surface area contributed by atoms with Crippen LogP contribution in [0, 0.1) is 0 Å². The van der Waals surface area contributed by atoms with Gasteiger partial charge in [0.15, 0.2) is 0 Å². The van der Waals surface area contributed by atoms with E-state index in [9.17, 15) is 0 Å². The number of hydrogen-bond donors (Lipinski definition) is 1. The zero-order chi connectivity index (χ0) is 11.4. The molecule has 0 amide bonds. The Morgan fingerprint density at radius 3 is 2.88 bits per heavy atom. The summed E-state index contributed by atoms with van der Waals surface area (Å²) in [6, 6.07) is 0.513. The molecule has 4 nitrogen and oxygen atoms in total. The normalized spacial score (nSPS) is 37.5. The van der Waals surface area contributed by atoms with Gasteiger partial charge in [-0.05, 0) is 19.3 Å². The molecule has 2 aliphatic heterocycles. The molecule has 16 heavy (non-hydrogen) atoms. The molecule has 2 unspecified atom stereocenters. The molecule has 0 radical (unpaired) electrons. The summed E-state index contributed by atoms with van der Waals surface area (Å²) in [5, 5.41) is 0. The van der Waals surface area contributed by atoms with E-state index in [0.717, 1.165) is 45.8 Å². The van der Waals surface area contributed by atoms with Crippen LogP contribution in [0.4, 0.5) is 0 Å². The van der Waals surface area contributed by atoms with Gasteiger partial charge in [0, 0.05) is 25.7 Å². The highest BCUT2D eigenvalue weighted by Gasteiger charge is 2.41. The summed E-state index contributed by atoms with van der Waals surface area (Å²) in [6.07, 6.45) is 3.42. The molecule has 0 aromatic carbocycles. The summed E-state index contributed by atoms with van der Waals surface area (Å²) in [5.74, 6) is 0. The third kappa shape index (κ3) is 2.25. The first-order chi connectivity index (χ1) is 7.82. The lowest BCUT2D eigenvalue weighted by Gasteiger charge is -2.50. The zero-order valence-electron chi connectivity index (χ0n) is 10.3. The van der Waals surface area contributed by atoms with E-state index in [-0.39, 0.29) is 5.54 Å². The molecule has 2 N–H and O–H groups in total. The first-order valence-corrected chi connectivity index (χ1v) is 6.45. The summed E-state index contributed by atoms with van der Waals surface area (Å²) in [6.45, 7) is 7.28. The predicted molar refractivity (Wildman–Crippen MR) is 63.4 cm³/mol. The topological polar surface area (TPSA) is 47.7 Å². The van der Waals surface area contributed by atoms with Crippen LogP contribution in [0.5, 0.6) is 0 Å². The number of nitrogens with zero attached hydrogens (tertiary/aromatic N) is 1. The monoisotopic (exact) mass is 228 g/mol. The van der Waals surface area contributed by atoms with Crippen LogP contribution in [0.25, 0.3) is 0 Å². The van der Waals surface area contributed by atoms with Gasteiger partial charge in [-0.2, -0.15) is 0 Å². The van der Waals surface area contributed by atoms with E-state index in [0.29, 0.717) is 12.6 Å². The van der Waals surface area contributed by atoms with E-state index in [4.69, 9.17) is 15.2 Å². The molecule has 0 aromatic rings. The van der Waals surface area contributed by atoms with Crippen molar-refractivity contribution in [1.82, 2.24) is 4.90 Å². The lowest BCUT2D eigenvalue weighted by Crippen LogP contribution is -2.64. The lowest BCUT2D eigenvalue weighted by molar-refractivity contribution is -0.111. The Labute approximate surface area is 98.1 Å². The molecule has 0 saturated carbocycles. The van der Waals surface area contributed by atoms with Crippen LogP contribution in [0.2, 0.25) is 0 Å². The van der Waals surface area contributed by atoms with Crippen LogP contribution >= 0.6 is 0 Å². The first-order valence-electron chi connectivity index (χ1n) is 6.45. The molecule has 0 bridgehead atoms. The summed E-state index contributed by atoms with van der Waals surface area (Å²) in [7, 11) is 0. The molecule has 0 aliphatic carbocycles. The van der Waals surface area contributed by atoms with Gasteiger partial charge in [0.05, 0.1) is 25.4 Å². The van der Waals surface area contributed by atoms with Gasteiger partial charge in [-0.15, -0.1) is 0 Å². The maximum atomic E-state index is 6.02. The molecular weight excluding hydrogens is 204 g/mol. The molecule has 2 rings (SSSR count). The van der Waals surface area contributed by atoms with Crippen LogP contribution in [0.1, 0.15) is 26.2 Å². The molecule has 2 atom stereocenters. The molecule has 94 valence electrons. The fraction of sp³-hybridized carbons (Fsp3) is 1.00. The fourth-order valence-corrected chi connectivity index (χ4v) is 2.96. The Hall–Kier alpha value is -0.160. The van der Waals surface area contributed by atoms with Crippen molar-refractivity contribution in [3.05, 3.63) is 0 Å².